The number of fused-ring (bicyclic) bond motifs is 21. The third kappa shape index (κ3) is 9.10. The van der Waals surface area contributed by atoms with E-state index in [-0.39, 0.29) is 5.92 Å². The van der Waals surface area contributed by atoms with Gasteiger partial charge < -0.3 is 32.0 Å². The Balaban J connectivity index is 0.928. The zero-order chi connectivity index (χ0) is 74.0. The number of para-hydroxylation sites is 11. The Hall–Kier alpha value is -14.9. The molecule has 0 aliphatic heterocycles. The molecule has 1 aliphatic rings. The van der Waals surface area contributed by atoms with E-state index >= 15 is 0 Å². The first-order valence-corrected chi connectivity index (χ1v) is 38.5. The van der Waals surface area contributed by atoms with Crippen molar-refractivity contribution in [1.82, 2.24) is 32.0 Å². The van der Waals surface area contributed by atoms with Crippen LogP contribution in [-0.4, -0.2) is 32.0 Å². The van der Waals surface area contributed by atoms with E-state index in [9.17, 15) is 5.26 Å². The standard InChI is InChI=1S/C104H68N8/c1-65-28-27-42-82-79-39-15-26-51-95(79)112(101(65)82)100(64-105)103(110-93-49-24-13-37-77(93)78-38-14-25-50-94(78)110)104(102(109-91-47-22-11-35-75(91)76-36-12-23-48-92(76)109)66(2)106-87-43-18-9-33-73(87)74-34-10-19-44-88(74)106)111-98-58-54-69(67-52-56-96-83(60-67)80-40-16-20-45-89(80)107(96)71-29-5-3-6-30-71)62-85(98)86-63-70(55-59-99(86)111)68-53-57-97-84(61-68)81-41-17-21-46-90(81)108(97)72-31-7-4-8-32-72/h3-27,29-63,65H,2,28H2,1H3/b103-100-,104-102-. The van der Waals surface area contributed by atoms with Gasteiger partial charge in [-0.25, -0.2) is 0 Å². The van der Waals surface area contributed by atoms with Crippen LogP contribution in [0.4, 0.5) is 0 Å². The lowest BCUT2D eigenvalue weighted by Gasteiger charge is -2.29. The molecule has 8 nitrogen and oxygen atoms in total. The molecule has 0 N–H and O–H groups in total. The normalized spacial score (nSPS) is 13.7. The molecule has 15 aromatic carbocycles. The topological polar surface area (TPSA) is 58.3 Å². The molecular formula is C104H68N8. The van der Waals surface area contributed by atoms with E-state index in [1.165, 1.54) is 21.5 Å². The summed E-state index contributed by atoms with van der Waals surface area (Å²) in [4.78, 5) is 0. The first-order chi connectivity index (χ1) is 55.4. The minimum Gasteiger partial charge on any atom is -0.309 e. The van der Waals surface area contributed by atoms with E-state index in [2.05, 4.69) is 409 Å². The van der Waals surface area contributed by atoms with E-state index < -0.39 is 0 Å². The Kier molecular flexibility index (Phi) is 13.9. The second-order valence-corrected chi connectivity index (χ2v) is 29.9. The lowest BCUT2D eigenvalue weighted by molar-refractivity contribution is 0.728. The quantitative estimate of drug-likeness (QED) is 0.0940. The summed E-state index contributed by atoms with van der Waals surface area (Å²) >= 11 is 0. The molecule has 7 heterocycles. The molecule has 1 unspecified atom stereocenters. The summed E-state index contributed by atoms with van der Waals surface area (Å²) in [7, 11) is 0. The molecule has 0 saturated carbocycles. The van der Waals surface area contributed by atoms with Gasteiger partial charge in [0.25, 0.3) is 0 Å². The van der Waals surface area contributed by atoms with Crippen molar-refractivity contribution in [2.24, 2.45) is 0 Å². The highest BCUT2D eigenvalue weighted by molar-refractivity contribution is 6.29. The van der Waals surface area contributed by atoms with E-state index in [0.717, 1.165) is 183 Å². The number of hydrogen-bond donors (Lipinski definition) is 0. The number of nitrogens with zero attached hydrogens (tertiary/aromatic N) is 8. The maximum atomic E-state index is 13.5. The van der Waals surface area contributed by atoms with Crippen LogP contribution in [0.2, 0.25) is 0 Å². The minimum absolute atomic E-state index is 0.0280. The number of benzene rings is 15. The molecule has 0 bridgehead atoms. The molecule has 1 atom stereocenters. The molecule has 524 valence electrons. The molecular weight excluding hydrogens is 1360 g/mol. The van der Waals surface area contributed by atoms with Gasteiger partial charge in [0.1, 0.15) is 11.8 Å². The Morgan fingerprint density at radius 3 is 0.946 bits per heavy atom. The lowest BCUT2D eigenvalue weighted by atomic mass is 9.93. The van der Waals surface area contributed by atoms with Gasteiger partial charge in [-0.15, -0.1) is 0 Å². The second kappa shape index (κ2) is 24.6. The van der Waals surface area contributed by atoms with Crippen LogP contribution in [0.1, 0.15) is 30.5 Å². The lowest BCUT2D eigenvalue weighted by Crippen LogP contribution is -2.18. The molecule has 7 aromatic heterocycles. The van der Waals surface area contributed by atoms with Gasteiger partial charge in [0.2, 0.25) is 0 Å². The van der Waals surface area contributed by atoms with Crippen molar-refractivity contribution in [3.05, 3.63) is 376 Å². The molecule has 8 heteroatoms. The summed E-state index contributed by atoms with van der Waals surface area (Å²) in [5, 5.41) is 27.9. The molecule has 0 fully saturated rings. The monoisotopic (exact) mass is 1430 g/mol. The highest BCUT2D eigenvalue weighted by Crippen LogP contribution is 2.52. The molecule has 0 spiro atoms. The summed E-state index contributed by atoms with van der Waals surface area (Å²) in [5.41, 5.74) is 25.4. The number of rotatable bonds is 11. The van der Waals surface area contributed by atoms with Crippen molar-refractivity contribution in [2.75, 3.05) is 0 Å². The van der Waals surface area contributed by atoms with Gasteiger partial charge in [-0.3, -0.25) is 0 Å². The molecule has 23 rings (SSSR count). The minimum atomic E-state index is 0.0280. The van der Waals surface area contributed by atoms with Gasteiger partial charge in [0.05, 0.1) is 88.8 Å². The summed E-state index contributed by atoms with van der Waals surface area (Å²) in [6.45, 7) is 7.92. The van der Waals surface area contributed by atoms with E-state index in [4.69, 9.17) is 6.58 Å². The van der Waals surface area contributed by atoms with E-state index in [0.29, 0.717) is 17.1 Å². The van der Waals surface area contributed by atoms with Crippen molar-refractivity contribution in [3.63, 3.8) is 0 Å². The predicted octanol–water partition coefficient (Wildman–Crippen LogP) is 27.2. The molecule has 1 aliphatic carbocycles. The third-order valence-corrected chi connectivity index (χ3v) is 24.0. The maximum absolute atomic E-state index is 13.5. The summed E-state index contributed by atoms with van der Waals surface area (Å²) < 4.78 is 16.9. The van der Waals surface area contributed by atoms with E-state index in [1.54, 1.807) is 0 Å². The fraction of sp³-hybridized carbons (Fsp3) is 0.0288. The predicted molar refractivity (Wildman–Crippen MR) is 471 cm³/mol. The Labute approximate surface area is 644 Å². The van der Waals surface area contributed by atoms with Crippen molar-refractivity contribution in [2.45, 2.75) is 19.3 Å². The molecule has 0 amide bonds. The molecule has 22 aromatic rings. The Morgan fingerprint density at radius 2 is 0.562 bits per heavy atom. The largest absolute Gasteiger partial charge is 0.309 e. The van der Waals surface area contributed by atoms with Gasteiger partial charge in [-0.05, 0) is 156 Å². The molecule has 0 saturated heterocycles. The first kappa shape index (κ1) is 63.2. The van der Waals surface area contributed by atoms with Crippen LogP contribution in [0, 0.1) is 11.3 Å². The number of hydrogen-bond acceptors (Lipinski definition) is 1. The Morgan fingerprint density at radius 1 is 0.286 bits per heavy atom. The fourth-order valence-electron chi connectivity index (χ4n) is 19.2. The van der Waals surface area contributed by atoms with Crippen molar-refractivity contribution >= 4 is 176 Å². The summed E-state index contributed by atoms with van der Waals surface area (Å²) in [6.07, 6.45) is 5.39. The highest BCUT2D eigenvalue weighted by atomic mass is 15.2. The van der Waals surface area contributed by atoms with Crippen LogP contribution in [0.15, 0.2) is 365 Å². The van der Waals surface area contributed by atoms with Crippen molar-refractivity contribution in [1.29, 1.82) is 5.26 Å². The van der Waals surface area contributed by atoms with Crippen molar-refractivity contribution < 1.29 is 0 Å². The van der Waals surface area contributed by atoms with E-state index in [1.807, 2.05) is 0 Å². The van der Waals surface area contributed by atoms with Crippen LogP contribution in [-0.2, 0) is 0 Å². The third-order valence-electron chi connectivity index (χ3n) is 24.0. The zero-order valence-corrected chi connectivity index (χ0v) is 61.2. The van der Waals surface area contributed by atoms with Crippen molar-refractivity contribution in [3.8, 4) is 39.7 Å². The van der Waals surface area contributed by atoms with Crippen LogP contribution in [0.5, 0.6) is 0 Å². The van der Waals surface area contributed by atoms with Gasteiger partial charge in [0, 0.05) is 98.6 Å². The fourth-order valence-corrected chi connectivity index (χ4v) is 19.2. The Bertz CT molecular complexity index is 7580. The van der Waals surface area contributed by atoms with Gasteiger partial charge in [0.15, 0.2) is 5.70 Å². The SMILES string of the molecule is C=C(/C(=C(\C(=C(/C#N)n1c2c(c3ccccc31)C=CCC2C)n1c2ccccc2c2ccccc21)n1c2ccc(-c3ccc4c(c3)c3ccccc3n4-c3ccccc3)cc2c2cc(-c3ccc4c(c3)c3ccccc3n4-c3ccccc3)ccc21)n1c2ccccc2c2ccccc21)n1c2ccccc2c2ccccc21. The van der Waals surface area contributed by atoms with Gasteiger partial charge in [-0.1, -0.05) is 250 Å². The highest BCUT2D eigenvalue weighted by Gasteiger charge is 2.36. The summed E-state index contributed by atoms with van der Waals surface area (Å²) in [5.74, 6) is 0.0280. The smallest absolute Gasteiger partial charge is 0.151 e. The molecule has 112 heavy (non-hydrogen) atoms. The van der Waals surface area contributed by atoms with Crippen LogP contribution in [0.25, 0.3) is 210 Å². The van der Waals surface area contributed by atoms with Gasteiger partial charge in [-0.2, -0.15) is 5.26 Å². The second-order valence-electron chi connectivity index (χ2n) is 29.9. The van der Waals surface area contributed by atoms with Crippen LogP contribution < -0.4 is 0 Å². The first-order valence-electron chi connectivity index (χ1n) is 38.5. The van der Waals surface area contributed by atoms with Crippen LogP contribution in [0.3, 0.4) is 0 Å². The van der Waals surface area contributed by atoms with Crippen LogP contribution >= 0.6 is 0 Å². The maximum Gasteiger partial charge on any atom is 0.151 e. The number of nitriles is 1. The average Bonchev–Trinajstić information content (AvgIpc) is 1.53. The number of aromatic nitrogens is 7. The van der Waals surface area contributed by atoms with Gasteiger partial charge >= 0.3 is 0 Å². The zero-order valence-electron chi connectivity index (χ0n) is 61.2. The molecule has 0 radical (unpaired) electrons. The average molecular weight is 1430 g/mol. The summed E-state index contributed by atoms with van der Waals surface area (Å²) in [6, 6.07) is 132. The number of allylic oxidation sites excluding steroid dienone is 6.